The van der Waals surface area contributed by atoms with E-state index in [2.05, 4.69) is 11.4 Å². The molecule has 0 aliphatic heterocycles. The minimum Gasteiger partial charge on any atom is -0.398 e. The second kappa shape index (κ2) is 5.10. The summed E-state index contributed by atoms with van der Waals surface area (Å²) in [5, 5.41) is 3.75. The van der Waals surface area contributed by atoms with E-state index >= 15 is 0 Å². The number of amides is 1. The normalized spacial score (nSPS) is 11.5. The lowest BCUT2D eigenvalue weighted by Gasteiger charge is -2.10. The van der Waals surface area contributed by atoms with E-state index in [0.29, 0.717) is 22.0 Å². The lowest BCUT2D eigenvalue weighted by Crippen LogP contribution is -2.19. The third-order valence-electron chi connectivity index (χ3n) is 2.77. The Labute approximate surface area is 116 Å². The Morgan fingerprint density at radius 2 is 2.10 bits per heavy atom. The molecular weight excluding hydrogens is 280 g/mol. The van der Waals surface area contributed by atoms with Gasteiger partial charge in [-0.3, -0.25) is 9.35 Å². The molecule has 0 aliphatic carbocycles. The van der Waals surface area contributed by atoms with Crippen LogP contribution >= 0.6 is 0 Å². The van der Waals surface area contributed by atoms with E-state index < -0.39 is 10.1 Å². The van der Waals surface area contributed by atoms with Gasteiger partial charge in [-0.25, -0.2) is 0 Å². The lowest BCUT2D eigenvalue weighted by molar-refractivity contribution is -0.119. The summed E-state index contributed by atoms with van der Waals surface area (Å²) in [7, 11) is -4.34. The molecule has 0 spiro atoms. The molecule has 6 nitrogen and oxygen atoms in total. The lowest BCUT2D eigenvalue weighted by atomic mass is 10.0. The van der Waals surface area contributed by atoms with Crippen molar-refractivity contribution >= 4 is 32.5 Å². The van der Waals surface area contributed by atoms with Crippen LogP contribution in [-0.2, 0) is 21.5 Å². The Kier molecular flexibility index (Phi) is 3.65. The van der Waals surface area contributed by atoms with Crippen molar-refractivity contribution < 1.29 is 17.8 Å². The highest BCUT2D eigenvalue weighted by atomic mass is 32.2. The minimum absolute atomic E-state index is 0.146. The molecule has 0 unspecified atom stereocenters. The van der Waals surface area contributed by atoms with Gasteiger partial charge >= 0.3 is 0 Å². The number of nitrogens with one attached hydrogen (secondary N) is 1. The van der Waals surface area contributed by atoms with Gasteiger partial charge < -0.3 is 11.1 Å². The number of hydrogen-bond acceptors (Lipinski definition) is 4. The fourth-order valence-corrected chi connectivity index (χ4v) is 2.43. The van der Waals surface area contributed by atoms with Gasteiger partial charge in [0.2, 0.25) is 5.91 Å². The summed E-state index contributed by atoms with van der Waals surface area (Å²) in [6.45, 7) is 1.51. The monoisotopic (exact) mass is 293 g/mol. The van der Waals surface area contributed by atoms with Gasteiger partial charge in [-0.1, -0.05) is 6.07 Å². The van der Waals surface area contributed by atoms with Gasteiger partial charge in [0.05, 0.1) is 4.90 Å². The molecule has 0 fully saturated rings. The van der Waals surface area contributed by atoms with Crippen molar-refractivity contribution in [1.82, 2.24) is 5.32 Å². The van der Waals surface area contributed by atoms with Crippen molar-refractivity contribution in [1.29, 1.82) is 0 Å². The number of carbonyl (C=O) groups excluding carboxylic acids is 1. The average molecular weight is 293 g/mol. The summed E-state index contributed by atoms with van der Waals surface area (Å²) in [6, 6.07) is 8.77. The van der Waals surface area contributed by atoms with Crippen LogP contribution < -0.4 is 11.1 Å². The van der Waals surface area contributed by atoms with Crippen molar-refractivity contribution in [2.45, 2.75) is 18.4 Å². The molecule has 0 aromatic heterocycles. The molecule has 0 bridgehead atoms. The minimum atomic E-state index is -4.34. The van der Waals surface area contributed by atoms with E-state index in [-0.39, 0.29) is 17.3 Å². The SMILES string of the molecule is CC(=O)NCc1cc(S(=O)(=O)O)cc2[c]c(N)ccc12. The van der Waals surface area contributed by atoms with Gasteiger partial charge in [0.25, 0.3) is 10.1 Å². The molecule has 2 rings (SSSR count). The molecule has 0 saturated carbocycles. The van der Waals surface area contributed by atoms with E-state index in [4.69, 9.17) is 10.3 Å². The number of fused-ring (bicyclic) bond motifs is 1. The van der Waals surface area contributed by atoms with Crippen molar-refractivity contribution in [2.24, 2.45) is 0 Å². The van der Waals surface area contributed by atoms with Crippen LogP contribution in [0.3, 0.4) is 0 Å². The van der Waals surface area contributed by atoms with Crippen LogP contribution in [-0.4, -0.2) is 18.9 Å². The summed E-state index contributed by atoms with van der Waals surface area (Å²) >= 11 is 0. The molecule has 0 atom stereocenters. The average Bonchev–Trinajstić information content (AvgIpc) is 2.33. The van der Waals surface area contributed by atoms with Gasteiger partial charge in [0.15, 0.2) is 0 Å². The molecule has 0 aliphatic rings. The smallest absolute Gasteiger partial charge is 0.294 e. The number of nitrogen functional groups attached to an aromatic ring is 1. The molecular formula is C13H13N2O4S. The Morgan fingerprint density at radius 3 is 2.70 bits per heavy atom. The first-order chi connectivity index (χ1) is 9.27. The summed E-state index contributed by atoms with van der Waals surface area (Å²) < 4.78 is 31.7. The van der Waals surface area contributed by atoms with Gasteiger partial charge in [-0.15, -0.1) is 0 Å². The van der Waals surface area contributed by atoms with Crippen molar-refractivity contribution in [2.75, 3.05) is 5.73 Å². The van der Waals surface area contributed by atoms with Gasteiger partial charge in [-0.05, 0) is 34.5 Å². The molecule has 1 amide bonds. The topological polar surface area (TPSA) is 109 Å². The van der Waals surface area contributed by atoms with Gasteiger partial charge in [0.1, 0.15) is 0 Å². The maximum absolute atomic E-state index is 11.3. The first-order valence-electron chi connectivity index (χ1n) is 5.74. The fourth-order valence-electron chi connectivity index (χ4n) is 1.87. The highest BCUT2D eigenvalue weighted by Crippen LogP contribution is 2.25. The molecule has 20 heavy (non-hydrogen) atoms. The van der Waals surface area contributed by atoms with Crippen molar-refractivity contribution in [3.63, 3.8) is 0 Å². The second-order valence-electron chi connectivity index (χ2n) is 4.34. The molecule has 4 N–H and O–H groups in total. The number of carbonyl (C=O) groups is 1. The fraction of sp³-hybridized carbons (Fsp3) is 0.154. The third-order valence-corrected chi connectivity index (χ3v) is 3.60. The Morgan fingerprint density at radius 1 is 1.40 bits per heavy atom. The summed E-state index contributed by atoms with van der Waals surface area (Å²) in [4.78, 5) is 10.7. The highest BCUT2D eigenvalue weighted by molar-refractivity contribution is 7.85. The number of hydrogen-bond donors (Lipinski definition) is 3. The van der Waals surface area contributed by atoms with E-state index in [9.17, 15) is 13.2 Å². The predicted molar refractivity (Wildman–Crippen MR) is 74.5 cm³/mol. The third kappa shape index (κ3) is 3.06. The van der Waals surface area contributed by atoms with Crippen LogP contribution in [0.4, 0.5) is 5.69 Å². The zero-order valence-electron chi connectivity index (χ0n) is 10.7. The first kappa shape index (κ1) is 14.3. The van der Waals surface area contributed by atoms with Crippen LogP contribution in [0.15, 0.2) is 29.2 Å². The number of anilines is 1. The largest absolute Gasteiger partial charge is 0.398 e. The Balaban J connectivity index is 2.66. The summed E-state index contributed by atoms with van der Waals surface area (Å²) in [5.41, 5.74) is 6.53. The van der Waals surface area contributed by atoms with Crippen LogP contribution in [0.1, 0.15) is 12.5 Å². The molecule has 1 radical (unpaired) electrons. The van der Waals surface area contributed by atoms with Crippen LogP contribution in [0.5, 0.6) is 0 Å². The number of rotatable bonds is 3. The maximum atomic E-state index is 11.3. The van der Waals surface area contributed by atoms with E-state index in [0.717, 1.165) is 0 Å². The van der Waals surface area contributed by atoms with Crippen LogP contribution in [0, 0.1) is 6.07 Å². The van der Waals surface area contributed by atoms with E-state index in [1.807, 2.05) is 0 Å². The van der Waals surface area contributed by atoms with Crippen LogP contribution in [0.2, 0.25) is 0 Å². The zero-order chi connectivity index (χ0) is 14.9. The Bertz CT molecular complexity index is 784. The van der Waals surface area contributed by atoms with Crippen LogP contribution in [0.25, 0.3) is 10.8 Å². The van der Waals surface area contributed by atoms with Gasteiger partial charge in [-0.2, -0.15) is 8.42 Å². The van der Waals surface area contributed by atoms with Crippen molar-refractivity contribution in [3.05, 3.63) is 35.9 Å². The standard InChI is InChI=1S/C13H13N2O4S/c1-8(16)15-7-10-6-12(20(17,18)19)5-9-4-11(14)2-3-13(9)10/h2-3,5-6H,7,14H2,1H3,(H,15,16)(H,17,18,19). The molecule has 2 aromatic carbocycles. The number of nitrogens with two attached hydrogens (primary N) is 1. The summed E-state index contributed by atoms with van der Waals surface area (Å²) in [5.74, 6) is -0.241. The molecule has 0 heterocycles. The van der Waals surface area contributed by atoms with Crippen molar-refractivity contribution in [3.8, 4) is 0 Å². The first-order valence-corrected chi connectivity index (χ1v) is 7.18. The second-order valence-corrected chi connectivity index (χ2v) is 5.76. The highest BCUT2D eigenvalue weighted by Gasteiger charge is 2.14. The maximum Gasteiger partial charge on any atom is 0.294 e. The molecule has 7 heteroatoms. The quantitative estimate of drug-likeness (QED) is 0.580. The van der Waals surface area contributed by atoms with E-state index in [1.54, 1.807) is 12.1 Å². The predicted octanol–water partition coefficient (Wildman–Crippen LogP) is 1.10. The zero-order valence-corrected chi connectivity index (χ0v) is 11.5. The molecule has 105 valence electrons. The molecule has 2 aromatic rings. The number of benzene rings is 2. The summed E-state index contributed by atoms with van der Waals surface area (Å²) in [6.07, 6.45) is 0. The van der Waals surface area contributed by atoms with E-state index in [1.165, 1.54) is 19.1 Å². The van der Waals surface area contributed by atoms with Gasteiger partial charge in [0, 0.05) is 25.2 Å². The Hall–Kier alpha value is -2.12. The molecule has 0 saturated heterocycles.